The summed E-state index contributed by atoms with van der Waals surface area (Å²) in [5.41, 5.74) is 4.26. The zero-order chi connectivity index (χ0) is 24.4. The minimum Gasteiger partial charge on any atom is -0.471 e. The van der Waals surface area contributed by atoms with Crippen LogP contribution in [0.5, 0.6) is 5.88 Å². The van der Waals surface area contributed by atoms with Gasteiger partial charge in [0.15, 0.2) is 0 Å². The average Bonchev–Trinajstić information content (AvgIpc) is 3.27. The number of rotatable bonds is 6. The number of nitrogens with zero attached hydrogens (tertiary/aromatic N) is 5. The minimum absolute atomic E-state index is 0.0984. The van der Waals surface area contributed by atoms with E-state index in [1.165, 1.54) is 12.1 Å². The highest BCUT2D eigenvalue weighted by molar-refractivity contribution is 5.79. The minimum atomic E-state index is -0.305. The van der Waals surface area contributed by atoms with E-state index < -0.39 is 0 Å². The van der Waals surface area contributed by atoms with Crippen LogP contribution in [0.2, 0.25) is 0 Å². The molecule has 2 aliphatic rings. The Bertz CT molecular complexity index is 1190. The number of carbonyl (C=O) groups excluding carboxylic acids is 1. The van der Waals surface area contributed by atoms with E-state index in [-0.39, 0.29) is 30.4 Å². The number of ether oxygens (including phenoxy) is 2. The number of carbonyl (C=O) groups is 1. The van der Waals surface area contributed by atoms with E-state index in [9.17, 15) is 9.18 Å². The molecule has 5 rings (SSSR count). The third-order valence-corrected chi connectivity index (χ3v) is 7.08. The molecule has 2 aromatic heterocycles. The molecule has 0 saturated heterocycles. The van der Waals surface area contributed by atoms with Gasteiger partial charge in [0.25, 0.3) is 0 Å². The first-order valence-corrected chi connectivity index (χ1v) is 12.1. The average molecular weight is 480 g/mol. The Hall–Kier alpha value is -3.33. The molecule has 1 saturated carbocycles. The maximum absolute atomic E-state index is 13.3. The number of hydrogen-bond acceptors (Lipinski definition) is 6. The Balaban J connectivity index is 1.22. The van der Waals surface area contributed by atoms with Crippen molar-refractivity contribution in [2.24, 2.45) is 5.92 Å². The molecule has 3 heterocycles. The van der Waals surface area contributed by atoms with Crippen molar-refractivity contribution in [2.75, 3.05) is 13.7 Å². The maximum atomic E-state index is 13.3. The third-order valence-electron chi connectivity index (χ3n) is 7.08. The number of amides is 1. The van der Waals surface area contributed by atoms with Gasteiger partial charge < -0.3 is 14.4 Å². The lowest BCUT2D eigenvalue weighted by Crippen LogP contribution is -2.41. The lowest BCUT2D eigenvalue weighted by Gasteiger charge is -2.34. The summed E-state index contributed by atoms with van der Waals surface area (Å²) in [6.45, 7) is 3.36. The number of benzene rings is 1. The van der Waals surface area contributed by atoms with Gasteiger partial charge in [0.05, 0.1) is 23.2 Å². The van der Waals surface area contributed by atoms with Gasteiger partial charge in [-0.05, 0) is 62.4 Å². The molecular formula is C26H30FN5O3. The Kier molecular flexibility index (Phi) is 6.77. The predicted molar refractivity (Wildman–Crippen MR) is 126 cm³/mol. The summed E-state index contributed by atoms with van der Waals surface area (Å²) in [6.07, 6.45) is 4.70. The van der Waals surface area contributed by atoms with Crippen LogP contribution in [0.3, 0.4) is 0 Å². The Morgan fingerprint density at radius 2 is 1.89 bits per heavy atom. The van der Waals surface area contributed by atoms with Crippen LogP contribution in [0.25, 0.3) is 5.69 Å². The first kappa shape index (κ1) is 23.4. The van der Waals surface area contributed by atoms with Gasteiger partial charge in [0.1, 0.15) is 18.1 Å². The van der Waals surface area contributed by atoms with Gasteiger partial charge in [-0.25, -0.2) is 14.1 Å². The number of methoxy groups -OCH3 is 1. The van der Waals surface area contributed by atoms with Crippen molar-refractivity contribution in [2.45, 2.75) is 58.3 Å². The molecule has 0 N–H and O–H groups in total. The molecule has 0 atom stereocenters. The van der Waals surface area contributed by atoms with Crippen LogP contribution in [-0.2, 0) is 29.1 Å². The van der Waals surface area contributed by atoms with E-state index in [2.05, 4.69) is 10.3 Å². The second-order valence-corrected chi connectivity index (χ2v) is 9.27. The summed E-state index contributed by atoms with van der Waals surface area (Å²) < 4.78 is 26.4. The highest BCUT2D eigenvalue weighted by Crippen LogP contribution is 2.29. The fourth-order valence-electron chi connectivity index (χ4n) is 4.94. The van der Waals surface area contributed by atoms with Gasteiger partial charge >= 0.3 is 0 Å². The molecule has 0 spiro atoms. The van der Waals surface area contributed by atoms with Crippen molar-refractivity contribution >= 4 is 5.91 Å². The Labute approximate surface area is 204 Å². The van der Waals surface area contributed by atoms with Crippen molar-refractivity contribution in [1.29, 1.82) is 0 Å². The zero-order valence-corrected chi connectivity index (χ0v) is 20.1. The van der Waals surface area contributed by atoms with Crippen LogP contribution in [0, 0.1) is 18.7 Å². The monoisotopic (exact) mass is 479 g/mol. The van der Waals surface area contributed by atoms with E-state index in [1.807, 2.05) is 24.0 Å². The first-order valence-electron chi connectivity index (χ1n) is 12.1. The molecule has 3 aromatic rings. The van der Waals surface area contributed by atoms with Gasteiger partial charge in [0, 0.05) is 38.6 Å². The highest BCUT2D eigenvalue weighted by Gasteiger charge is 2.31. The number of fused-ring (bicyclic) bond motifs is 1. The second kappa shape index (κ2) is 10.1. The van der Waals surface area contributed by atoms with Crippen LogP contribution in [-0.4, -0.2) is 50.5 Å². The summed E-state index contributed by atoms with van der Waals surface area (Å²) in [6, 6.07) is 9.93. The van der Waals surface area contributed by atoms with Gasteiger partial charge in [-0.1, -0.05) is 11.3 Å². The largest absolute Gasteiger partial charge is 0.471 e. The summed E-state index contributed by atoms with van der Waals surface area (Å²) in [5, 5.41) is 8.31. The smallest absolute Gasteiger partial charge is 0.225 e. The molecule has 1 fully saturated rings. The van der Waals surface area contributed by atoms with Gasteiger partial charge in [0.2, 0.25) is 11.8 Å². The molecular weight excluding hydrogens is 449 g/mol. The maximum Gasteiger partial charge on any atom is 0.225 e. The van der Waals surface area contributed by atoms with E-state index in [0.717, 1.165) is 48.3 Å². The molecule has 1 aromatic carbocycles. The van der Waals surface area contributed by atoms with E-state index in [4.69, 9.17) is 14.5 Å². The van der Waals surface area contributed by atoms with Crippen molar-refractivity contribution in [3.8, 4) is 11.6 Å². The molecule has 0 bridgehead atoms. The fourth-order valence-corrected chi connectivity index (χ4v) is 4.94. The summed E-state index contributed by atoms with van der Waals surface area (Å²) in [5.74, 6) is 0.567. The lowest BCUT2D eigenvalue weighted by molar-refractivity contribution is -0.138. The topological polar surface area (TPSA) is 82.4 Å². The number of aromatic nitrogens is 4. The van der Waals surface area contributed by atoms with Crippen molar-refractivity contribution in [3.63, 3.8) is 0 Å². The predicted octanol–water partition coefficient (Wildman–Crippen LogP) is 3.78. The van der Waals surface area contributed by atoms with Crippen molar-refractivity contribution < 1.29 is 18.7 Å². The molecule has 8 nitrogen and oxygen atoms in total. The van der Waals surface area contributed by atoms with Gasteiger partial charge in [-0.3, -0.25) is 4.79 Å². The molecule has 0 radical (unpaired) electrons. The van der Waals surface area contributed by atoms with Crippen molar-refractivity contribution in [3.05, 3.63) is 64.9 Å². The SMILES string of the molecule is COC1CCC(C(=O)N2CCc3nc(OCc4c(C)nnn4-c4ccc(F)cc4)ccc3C2)CC1. The highest BCUT2D eigenvalue weighted by atomic mass is 19.1. The van der Waals surface area contributed by atoms with Gasteiger partial charge in [-0.15, -0.1) is 5.10 Å². The molecule has 0 unspecified atom stereocenters. The number of halogens is 1. The van der Waals surface area contributed by atoms with Crippen molar-refractivity contribution in [1.82, 2.24) is 24.9 Å². The van der Waals surface area contributed by atoms with Crippen LogP contribution >= 0.6 is 0 Å². The molecule has 1 amide bonds. The second-order valence-electron chi connectivity index (χ2n) is 9.27. The Morgan fingerprint density at radius 1 is 1.11 bits per heavy atom. The number of pyridine rings is 1. The standard InChI is InChI=1S/C26H30FN5O3/c1-17-24(32(30-29-17)21-8-6-20(27)7-9-21)16-35-25-12-5-19-15-31(14-13-23(19)28-25)26(33)18-3-10-22(34-2)11-4-18/h5-9,12,18,22H,3-4,10-11,13-16H2,1-2H3. The number of hydrogen-bond donors (Lipinski definition) is 0. The molecule has 35 heavy (non-hydrogen) atoms. The molecule has 1 aliphatic heterocycles. The fraction of sp³-hybridized carbons (Fsp3) is 0.462. The third kappa shape index (κ3) is 5.05. The van der Waals surface area contributed by atoms with E-state index in [1.54, 1.807) is 23.9 Å². The normalized spacial score (nSPS) is 19.9. The van der Waals surface area contributed by atoms with Crippen LogP contribution in [0.15, 0.2) is 36.4 Å². The molecule has 9 heteroatoms. The quantitative estimate of drug-likeness (QED) is 0.535. The summed E-state index contributed by atoms with van der Waals surface area (Å²) >= 11 is 0. The van der Waals surface area contributed by atoms with Crippen LogP contribution < -0.4 is 4.74 Å². The van der Waals surface area contributed by atoms with E-state index in [0.29, 0.717) is 31.1 Å². The van der Waals surface area contributed by atoms with Crippen LogP contribution in [0.1, 0.15) is 48.3 Å². The Morgan fingerprint density at radius 3 is 2.63 bits per heavy atom. The summed E-state index contributed by atoms with van der Waals surface area (Å²) in [7, 11) is 1.75. The molecule has 184 valence electrons. The number of aryl methyl sites for hydroxylation is 1. The summed E-state index contributed by atoms with van der Waals surface area (Å²) in [4.78, 5) is 19.7. The van der Waals surface area contributed by atoms with E-state index >= 15 is 0 Å². The lowest BCUT2D eigenvalue weighted by atomic mass is 9.86. The van der Waals surface area contributed by atoms with Gasteiger partial charge in [-0.2, -0.15) is 0 Å². The molecule has 1 aliphatic carbocycles. The zero-order valence-electron chi connectivity index (χ0n) is 20.1. The van der Waals surface area contributed by atoms with Crippen LogP contribution in [0.4, 0.5) is 4.39 Å². The first-order chi connectivity index (χ1) is 17.0.